The third-order valence-corrected chi connectivity index (χ3v) is 5.32. The minimum absolute atomic E-state index is 0.126. The van der Waals surface area contributed by atoms with Crippen LogP contribution in [0.5, 0.6) is 0 Å². The molecule has 0 aliphatic rings. The van der Waals surface area contributed by atoms with Crippen molar-refractivity contribution in [3.05, 3.63) is 74.3 Å². The lowest BCUT2D eigenvalue weighted by molar-refractivity contribution is -0.393. The summed E-state index contributed by atoms with van der Waals surface area (Å²) in [6.07, 6.45) is 11.8. The quantitative estimate of drug-likeness (QED) is 0.136. The highest BCUT2D eigenvalue weighted by Gasteiger charge is 2.19. The van der Waals surface area contributed by atoms with Crippen molar-refractivity contribution >= 4 is 22.8 Å². The molecule has 8 nitrogen and oxygen atoms in total. The van der Waals surface area contributed by atoms with Crippen molar-refractivity contribution in [3.63, 3.8) is 0 Å². The first kappa shape index (κ1) is 25.0. The Kier molecular flexibility index (Phi) is 10.8. The molecular formula is C24H32N4O4. The number of nitrogens with one attached hydrogen (secondary N) is 1. The molecule has 0 aliphatic heterocycles. The Hall–Kier alpha value is -3.29. The Morgan fingerprint density at radius 3 is 2.06 bits per heavy atom. The summed E-state index contributed by atoms with van der Waals surface area (Å²) in [7, 11) is 0. The van der Waals surface area contributed by atoms with E-state index >= 15 is 0 Å². The topological polar surface area (TPSA) is 111 Å². The van der Waals surface area contributed by atoms with E-state index in [2.05, 4.69) is 17.5 Å². The van der Waals surface area contributed by atoms with Crippen LogP contribution in [0.15, 0.2) is 53.6 Å². The summed E-state index contributed by atoms with van der Waals surface area (Å²) in [5, 5.41) is 26.7. The maximum Gasteiger partial charge on any atom is 0.301 e. The van der Waals surface area contributed by atoms with Crippen LogP contribution in [0.3, 0.4) is 0 Å². The van der Waals surface area contributed by atoms with E-state index in [9.17, 15) is 20.2 Å². The number of nitro benzene ring substituents is 2. The zero-order valence-corrected chi connectivity index (χ0v) is 18.7. The Balaban J connectivity index is 2.00. The number of unbranched alkanes of at least 4 members (excludes halogenated alkanes) is 8. The van der Waals surface area contributed by atoms with Crippen molar-refractivity contribution in [1.29, 1.82) is 0 Å². The molecule has 2 rings (SSSR count). The van der Waals surface area contributed by atoms with Crippen molar-refractivity contribution in [1.82, 2.24) is 0 Å². The van der Waals surface area contributed by atoms with Crippen LogP contribution in [0.1, 0.15) is 76.7 Å². The highest BCUT2D eigenvalue weighted by molar-refractivity contribution is 6.01. The molecule has 0 bridgehead atoms. The predicted molar refractivity (Wildman–Crippen MR) is 128 cm³/mol. The predicted octanol–water partition coefficient (Wildman–Crippen LogP) is 7.24. The fraction of sp³-hybridized carbons (Fsp3) is 0.458. The van der Waals surface area contributed by atoms with Gasteiger partial charge in [-0.2, -0.15) is 5.10 Å². The van der Waals surface area contributed by atoms with Gasteiger partial charge in [0.25, 0.3) is 5.69 Å². The second-order valence-electron chi connectivity index (χ2n) is 7.83. The summed E-state index contributed by atoms with van der Waals surface area (Å²) in [5.41, 5.74) is 3.94. The number of non-ortho nitro benzene ring substituents is 1. The van der Waals surface area contributed by atoms with Crippen molar-refractivity contribution in [2.75, 3.05) is 5.43 Å². The summed E-state index contributed by atoms with van der Waals surface area (Å²) < 4.78 is 0. The monoisotopic (exact) mass is 440 g/mol. The highest BCUT2D eigenvalue weighted by Crippen LogP contribution is 2.29. The zero-order valence-electron chi connectivity index (χ0n) is 18.7. The number of hydrogen-bond acceptors (Lipinski definition) is 6. The molecule has 0 atom stereocenters. The molecule has 2 aromatic carbocycles. The van der Waals surface area contributed by atoms with Gasteiger partial charge in [0.1, 0.15) is 5.69 Å². The minimum atomic E-state index is -0.654. The van der Waals surface area contributed by atoms with E-state index in [0.29, 0.717) is 0 Å². The van der Waals surface area contributed by atoms with Crippen LogP contribution in [0.2, 0.25) is 0 Å². The van der Waals surface area contributed by atoms with Gasteiger partial charge in [0.05, 0.1) is 21.6 Å². The largest absolute Gasteiger partial charge is 0.301 e. The van der Waals surface area contributed by atoms with Crippen LogP contribution in [-0.2, 0) is 0 Å². The number of benzene rings is 2. The van der Waals surface area contributed by atoms with Crippen LogP contribution < -0.4 is 5.43 Å². The Labute approximate surface area is 189 Å². The van der Waals surface area contributed by atoms with Gasteiger partial charge < -0.3 is 0 Å². The lowest BCUT2D eigenvalue weighted by Gasteiger charge is -2.09. The average molecular weight is 441 g/mol. The molecule has 0 heterocycles. The maximum atomic E-state index is 11.4. The molecule has 0 radical (unpaired) electrons. The third kappa shape index (κ3) is 8.45. The molecule has 0 aromatic heterocycles. The molecule has 0 aliphatic carbocycles. The lowest BCUT2D eigenvalue weighted by atomic mass is 10.0. The van der Waals surface area contributed by atoms with Gasteiger partial charge in [0.15, 0.2) is 0 Å². The van der Waals surface area contributed by atoms with E-state index in [4.69, 9.17) is 0 Å². The molecule has 8 heteroatoms. The molecule has 0 amide bonds. The average Bonchev–Trinajstić information content (AvgIpc) is 2.80. The molecule has 2 aromatic rings. The number of hydrogen-bond donors (Lipinski definition) is 1. The van der Waals surface area contributed by atoms with Crippen LogP contribution in [0.4, 0.5) is 17.1 Å². The van der Waals surface area contributed by atoms with Gasteiger partial charge in [0, 0.05) is 6.07 Å². The second-order valence-corrected chi connectivity index (χ2v) is 7.83. The summed E-state index contributed by atoms with van der Waals surface area (Å²) in [5.74, 6) is 0. The summed E-state index contributed by atoms with van der Waals surface area (Å²) in [6, 6.07) is 13.2. The fourth-order valence-electron chi connectivity index (χ4n) is 3.51. The standard InChI is InChI=1S/C24H32N4O4/c1-2-3-4-5-6-7-8-9-13-16-22(20-14-11-10-12-15-20)25-26-23-18-17-21(27(29)30)19-24(23)28(31)32/h10-12,14-15,17-19,26H,2-9,13,16H2,1H3. The van der Waals surface area contributed by atoms with Crippen LogP contribution in [-0.4, -0.2) is 15.6 Å². The van der Waals surface area contributed by atoms with E-state index in [1.54, 1.807) is 0 Å². The summed E-state index contributed by atoms with van der Waals surface area (Å²) in [4.78, 5) is 21.0. The van der Waals surface area contributed by atoms with Crippen LogP contribution in [0.25, 0.3) is 0 Å². The van der Waals surface area contributed by atoms with E-state index in [-0.39, 0.29) is 17.1 Å². The van der Waals surface area contributed by atoms with Gasteiger partial charge >= 0.3 is 5.69 Å². The summed E-state index contributed by atoms with van der Waals surface area (Å²) in [6.45, 7) is 2.22. The molecule has 0 saturated heterocycles. The van der Waals surface area contributed by atoms with Crippen molar-refractivity contribution in [2.45, 2.75) is 71.1 Å². The number of nitro groups is 2. The van der Waals surface area contributed by atoms with E-state index in [0.717, 1.165) is 36.6 Å². The summed E-state index contributed by atoms with van der Waals surface area (Å²) >= 11 is 0. The van der Waals surface area contributed by atoms with Gasteiger partial charge in [-0.15, -0.1) is 0 Å². The molecule has 1 N–H and O–H groups in total. The van der Waals surface area contributed by atoms with Gasteiger partial charge in [-0.05, 0) is 24.5 Å². The Bertz CT molecular complexity index is 900. The van der Waals surface area contributed by atoms with Crippen molar-refractivity contribution in [2.24, 2.45) is 5.10 Å². The molecule has 172 valence electrons. The van der Waals surface area contributed by atoms with E-state index in [1.165, 1.54) is 57.1 Å². The van der Waals surface area contributed by atoms with Crippen LogP contribution >= 0.6 is 0 Å². The van der Waals surface area contributed by atoms with Gasteiger partial charge in [0.2, 0.25) is 0 Å². The number of nitrogens with zero attached hydrogens (tertiary/aromatic N) is 3. The van der Waals surface area contributed by atoms with Crippen molar-refractivity contribution < 1.29 is 9.85 Å². The van der Waals surface area contributed by atoms with Gasteiger partial charge in [-0.1, -0.05) is 88.6 Å². The van der Waals surface area contributed by atoms with E-state index < -0.39 is 9.85 Å². The Morgan fingerprint density at radius 2 is 1.47 bits per heavy atom. The first-order valence-electron chi connectivity index (χ1n) is 11.3. The Morgan fingerprint density at radius 1 is 0.844 bits per heavy atom. The lowest BCUT2D eigenvalue weighted by Crippen LogP contribution is -2.06. The first-order chi connectivity index (χ1) is 15.5. The number of hydrazone groups is 1. The normalized spacial score (nSPS) is 11.3. The third-order valence-electron chi connectivity index (χ3n) is 5.32. The van der Waals surface area contributed by atoms with E-state index in [1.807, 2.05) is 30.3 Å². The van der Waals surface area contributed by atoms with Crippen LogP contribution in [0, 0.1) is 20.2 Å². The van der Waals surface area contributed by atoms with Gasteiger partial charge in [-0.25, -0.2) is 0 Å². The molecular weight excluding hydrogens is 408 g/mol. The molecule has 0 spiro atoms. The maximum absolute atomic E-state index is 11.4. The molecule has 0 unspecified atom stereocenters. The SMILES string of the molecule is CCCCCCCCCCCC(=NNc1ccc([N+](=O)[O-])cc1[N+](=O)[O-])c1ccccc1. The molecule has 0 saturated carbocycles. The minimum Gasteiger partial charge on any atom is -0.271 e. The second kappa shape index (κ2) is 13.9. The number of rotatable bonds is 15. The smallest absolute Gasteiger partial charge is 0.271 e. The molecule has 0 fully saturated rings. The zero-order chi connectivity index (χ0) is 23.2. The highest BCUT2D eigenvalue weighted by atomic mass is 16.6. The number of anilines is 1. The van der Waals surface area contributed by atoms with Gasteiger partial charge in [-0.3, -0.25) is 25.7 Å². The fourth-order valence-corrected chi connectivity index (χ4v) is 3.51. The van der Waals surface area contributed by atoms with Crippen molar-refractivity contribution in [3.8, 4) is 0 Å². The molecule has 32 heavy (non-hydrogen) atoms. The first-order valence-corrected chi connectivity index (χ1v) is 11.3.